The minimum Gasteiger partial charge on any atom is -0.335 e. The van der Waals surface area contributed by atoms with E-state index in [1.165, 1.54) is 12.1 Å². The van der Waals surface area contributed by atoms with Crippen LogP contribution in [0.4, 0.5) is 8.78 Å². The smallest absolute Gasteiger partial charge is 0.223 e. The highest BCUT2D eigenvalue weighted by Gasteiger charge is 2.21. The van der Waals surface area contributed by atoms with E-state index in [-0.39, 0.29) is 11.9 Å². The Balaban J connectivity index is 2.92. The van der Waals surface area contributed by atoms with Crippen molar-refractivity contribution in [3.05, 3.63) is 35.4 Å². The lowest BCUT2D eigenvalue weighted by Gasteiger charge is -2.31. The Hall–Kier alpha value is -1.45. The van der Waals surface area contributed by atoms with Crippen molar-refractivity contribution in [2.75, 3.05) is 0 Å². The summed E-state index contributed by atoms with van der Waals surface area (Å²) >= 11 is 0. The highest BCUT2D eigenvalue weighted by Crippen LogP contribution is 2.17. The molecule has 0 aliphatic rings. The summed E-state index contributed by atoms with van der Waals surface area (Å²) in [5.41, 5.74) is 0.625. The fraction of sp³-hybridized carbons (Fsp3) is 0.562. The first-order valence-electron chi connectivity index (χ1n) is 7.26. The molecule has 1 amide bonds. The monoisotopic (exact) mass is 283 g/mol. The molecule has 1 aromatic carbocycles. The van der Waals surface area contributed by atoms with Crippen molar-refractivity contribution in [3.63, 3.8) is 0 Å². The van der Waals surface area contributed by atoms with Crippen LogP contribution in [0.1, 0.15) is 52.0 Å². The molecule has 1 aromatic rings. The van der Waals surface area contributed by atoms with Gasteiger partial charge in [-0.25, -0.2) is 8.78 Å². The number of hydrogen-bond donors (Lipinski definition) is 0. The Kier molecular flexibility index (Phi) is 6.62. The summed E-state index contributed by atoms with van der Waals surface area (Å²) in [5.74, 6) is -1.65. The van der Waals surface area contributed by atoms with Gasteiger partial charge in [-0.3, -0.25) is 4.79 Å². The summed E-state index contributed by atoms with van der Waals surface area (Å²) in [6.07, 6.45) is 2.98. The largest absolute Gasteiger partial charge is 0.335 e. The third-order valence-corrected chi connectivity index (χ3v) is 3.50. The van der Waals surface area contributed by atoms with Gasteiger partial charge in [-0.2, -0.15) is 0 Å². The number of carbonyl (C=O) groups excluding carboxylic acids is 1. The second kappa shape index (κ2) is 7.98. The lowest BCUT2D eigenvalue weighted by molar-refractivity contribution is -0.134. The molecule has 0 aromatic heterocycles. The van der Waals surface area contributed by atoms with Gasteiger partial charge in [0.25, 0.3) is 0 Å². The molecule has 2 nitrogen and oxygen atoms in total. The second-order valence-electron chi connectivity index (χ2n) is 4.99. The van der Waals surface area contributed by atoms with Crippen molar-refractivity contribution in [1.82, 2.24) is 4.90 Å². The molecule has 4 heteroatoms. The van der Waals surface area contributed by atoms with Crippen LogP contribution in [0, 0.1) is 11.6 Å². The zero-order valence-corrected chi connectivity index (χ0v) is 12.5. The first kappa shape index (κ1) is 16.6. The van der Waals surface area contributed by atoms with Crippen molar-refractivity contribution in [2.24, 2.45) is 0 Å². The van der Waals surface area contributed by atoms with E-state index in [1.54, 1.807) is 4.90 Å². The number of amides is 1. The van der Waals surface area contributed by atoms with Crippen LogP contribution in [-0.2, 0) is 11.3 Å². The number of benzene rings is 1. The second-order valence-corrected chi connectivity index (χ2v) is 4.99. The molecule has 0 atom stereocenters. The quantitative estimate of drug-likeness (QED) is 0.731. The van der Waals surface area contributed by atoms with E-state index in [9.17, 15) is 13.6 Å². The molecular formula is C16H23F2NO. The van der Waals surface area contributed by atoms with Crippen LogP contribution < -0.4 is 0 Å². The minimum absolute atomic E-state index is 0.0749. The zero-order valence-electron chi connectivity index (χ0n) is 12.5. The molecule has 0 N–H and O–H groups in total. The van der Waals surface area contributed by atoms with Gasteiger partial charge in [-0.05, 0) is 37.0 Å². The summed E-state index contributed by atoms with van der Waals surface area (Å²) in [7, 11) is 0. The molecular weight excluding hydrogens is 260 g/mol. The van der Waals surface area contributed by atoms with E-state index in [2.05, 4.69) is 0 Å². The predicted molar refractivity (Wildman–Crippen MR) is 76.2 cm³/mol. The van der Waals surface area contributed by atoms with Crippen molar-refractivity contribution >= 4 is 5.91 Å². The van der Waals surface area contributed by atoms with Crippen LogP contribution in [-0.4, -0.2) is 16.8 Å². The molecule has 0 aliphatic heterocycles. The van der Waals surface area contributed by atoms with Crippen molar-refractivity contribution < 1.29 is 13.6 Å². The highest BCUT2D eigenvalue weighted by atomic mass is 19.2. The normalized spacial score (nSPS) is 10.9. The number of nitrogens with zero attached hydrogens (tertiary/aromatic N) is 1. The maximum Gasteiger partial charge on any atom is 0.223 e. The molecule has 0 spiro atoms. The van der Waals surface area contributed by atoms with E-state index >= 15 is 0 Å². The van der Waals surface area contributed by atoms with Gasteiger partial charge in [-0.1, -0.05) is 26.8 Å². The summed E-state index contributed by atoms with van der Waals surface area (Å²) in [4.78, 5) is 14.0. The Bertz CT molecular complexity index is 444. The molecule has 112 valence electrons. The summed E-state index contributed by atoms with van der Waals surface area (Å²) in [6.45, 7) is 6.36. The van der Waals surface area contributed by atoms with Gasteiger partial charge >= 0.3 is 0 Å². The fourth-order valence-electron chi connectivity index (χ4n) is 2.34. The number of carbonyl (C=O) groups is 1. The van der Waals surface area contributed by atoms with Crippen LogP contribution in [0.15, 0.2) is 18.2 Å². The van der Waals surface area contributed by atoms with Crippen LogP contribution in [0.3, 0.4) is 0 Å². The van der Waals surface area contributed by atoms with E-state index in [0.717, 1.165) is 25.3 Å². The van der Waals surface area contributed by atoms with E-state index in [1.807, 2.05) is 20.8 Å². The Morgan fingerprint density at radius 1 is 1.15 bits per heavy atom. The van der Waals surface area contributed by atoms with Gasteiger partial charge in [0.05, 0.1) is 0 Å². The van der Waals surface area contributed by atoms with Crippen LogP contribution in [0.5, 0.6) is 0 Å². The SMILES string of the molecule is CCCC(=O)N(Cc1ccc(F)c(F)c1)C(CC)CC. The van der Waals surface area contributed by atoms with Crippen molar-refractivity contribution in [3.8, 4) is 0 Å². The van der Waals surface area contributed by atoms with Gasteiger partial charge in [-0.15, -0.1) is 0 Å². The average Bonchev–Trinajstić information content (AvgIpc) is 2.43. The molecule has 0 saturated heterocycles. The summed E-state index contributed by atoms with van der Waals surface area (Å²) in [5, 5.41) is 0. The predicted octanol–water partition coefficient (Wildman–Crippen LogP) is 4.28. The Morgan fingerprint density at radius 2 is 1.80 bits per heavy atom. The molecule has 0 unspecified atom stereocenters. The van der Waals surface area contributed by atoms with E-state index < -0.39 is 11.6 Å². The number of hydrogen-bond acceptors (Lipinski definition) is 1. The third kappa shape index (κ3) is 4.29. The van der Waals surface area contributed by atoms with Crippen molar-refractivity contribution in [2.45, 2.75) is 59.0 Å². The van der Waals surface area contributed by atoms with Crippen LogP contribution >= 0.6 is 0 Å². The lowest BCUT2D eigenvalue weighted by atomic mass is 10.1. The molecule has 0 fully saturated rings. The molecule has 1 rings (SSSR count). The van der Waals surface area contributed by atoms with Crippen LogP contribution in [0.2, 0.25) is 0 Å². The lowest BCUT2D eigenvalue weighted by Crippen LogP contribution is -2.39. The summed E-state index contributed by atoms with van der Waals surface area (Å²) < 4.78 is 26.2. The molecule has 20 heavy (non-hydrogen) atoms. The highest BCUT2D eigenvalue weighted by molar-refractivity contribution is 5.76. The first-order chi connectivity index (χ1) is 9.53. The molecule has 0 aliphatic carbocycles. The molecule has 0 saturated carbocycles. The van der Waals surface area contributed by atoms with Crippen molar-refractivity contribution in [1.29, 1.82) is 0 Å². The van der Waals surface area contributed by atoms with Gasteiger partial charge in [0.2, 0.25) is 5.91 Å². The molecule has 0 bridgehead atoms. The maximum absolute atomic E-state index is 13.3. The number of halogens is 2. The third-order valence-electron chi connectivity index (χ3n) is 3.50. The van der Waals surface area contributed by atoms with Crippen LogP contribution in [0.25, 0.3) is 0 Å². The number of rotatable bonds is 7. The van der Waals surface area contributed by atoms with E-state index in [4.69, 9.17) is 0 Å². The Labute approximate surface area is 119 Å². The first-order valence-corrected chi connectivity index (χ1v) is 7.26. The van der Waals surface area contributed by atoms with Gasteiger partial charge in [0.15, 0.2) is 11.6 Å². The van der Waals surface area contributed by atoms with Gasteiger partial charge in [0, 0.05) is 19.0 Å². The average molecular weight is 283 g/mol. The van der Waals surface area contributed by atoms with E-state index in [0.29, 0.717) is 18.5 Å². The maximum atomic E-state index is 13.3. The topological polar surface area (TPSA) is 20.3 Å². The standard InChI is InChI=1S/C16H23F2NO/c1-4-7-16(20)19(13(5-2)6-3)11-12-8-9-14(17)15(18)10-12/h8-10,13H,4-7,11H2,1-3H3. The molecule has 0 heterocycles. The van der Waals surface area contributed by atoms with Gasteiger partial charge in [0.1, 0.15) is 0 Å². The Morgan fingerprint density at radius 3 is 2.30 bits per heavy atom. The minimum atomic E-state index is -0.866. The summed E-state index contributed by atoms with van der Waals surface area (Å²) in [6, 6.07) is 3.96. The fourth-order valence-corrected chi connectivity index (χ4v) is 2.34. The molecule has 0 radical (unpaired) electrons. The van der Waals surface area contributed by atoms with Gasteiger partial charge < -0.3 is 4.90 Å². The zero-order chi connectivity index (χ0) is 15.1.